The maximum atomic E-state index is 12.2. The highest BCUT2D eigenvalue weighted by atomic mass is 16.5. The number of amides is 1. The molecule has 3 rings (SSSR count). The van der Waals surface area contributed by atoms with Gasteiger partial charge in [-0.1, -0.05) is 18.2 Å². The number of benzene rings is 1. The van der Waals surface area contributed by atoms with E-state index in [4.69, 9.17) is 14.2 Å². The monoisotopic (exact) mass is 362 g/mol. The first-order valence-corrected chi connectivity index (χ1v) is 9.40. The number of likely N-dealkylation sites (tertiary alicyclic amines) is 1. The number of rotatable bonds is 7. The maximum absolute atomic E-state index is 12.2. The van der Waals surface area contributed by atoms with Crippen LogP contribution in [0, 0.1) is 0 Å². The number of hydrogen-bond donors (Lipinski definition) is 0. The number of carbonyl (C=O) groups is 1. The molecule has 26 heavy (non-hydrogen) atoms. The van der Waals surface area contributed by atoms with Crippen molar-refractivity contribution in [3.63, 3.8) is 0 Å². The molecule has 1 aromatic rings. The van der Waals surface area contributed by atoms with Gasteiger partial charge in [0.25, 0.3) is 0 Å². The Morgan fingerprint density at radius 2 is 2.00 bits per heavy atom. The van der Waals surface area contributed by atoms with Crippen molar-refractivity contribution in [3.05, 3.63) is 30.3 Å². The number of carbonyl (C=O) groups excluding carboxylic acids is 1. The lowest BCUT2D eigenvalue weighted by atomic mass is 9.87. The first kappa shape index (κ1) is 19.1. The maximum Gasteiger partial charge on any atom is 0.248 e. The van der Waals surface area contributed by atoms with Crippen LogP contribution in [0.25, 0.3) is 0 Å². The van der Waals surface area contributed by atoms with Gasteiger partial charge in [-0.25, -0.2) is 0 Å². The lowest BCUT2D eigenvalue weighted by Crippen LogP contribution is -2.48. The van der Waals surface area contributed by atoms with Gasteiger partial charge in [-0.2, -0.15) is 0 Å². The minimum atomic E-state index is -0.0819. The number of ether oxygens (including phenoxy) is 3. The molecule has 0 N–H and O–H groups in total. The lowest BCUT2D eigenvalue weighted by molar-refractivity contribution is -0.141. The molecular formula is C20H30N2O4. The summed E-state index contributed by atoms with van der Waals surface area (Å²) in [5.74, 6) is 0.0619. The smallest absolute Gasteiger partial charge is 0.248 e. The van der Waals surface area contributed by atoms with Crippen LogP contribution in [0.15, 0.2) is 30.3 Å². The van der Waals surface area contributed by atoms with E-state index in [0.29, 0.717) is 19.3 Å². The number of hydrogen-bond acceptors (Lipinski definition) is 5. The summed E-state index contributed by atoms with van der Waals surface area (Å²) in [5.41, 5.74) is 1.14. The van der Waals surface area contributed by atoms with Crippen molar-refractivity contribution in [1.82, 2.24) is 4.90 Å². The standard InChI is InChI=1S/C20H30N2O4/c1-21(17-6-4-3-5-7-17)18-14-20(26-15-18)8-10-22(11-9-20)19(23)16-25-13-12-24-2/h3-7,18H,8-16H2,1-2H3/t18-/m0/s1. The van der Waals surface area contributed by atoms with Crippen LogP contribution in [-0.2, 0) is 19.0 Å². The molecule has 1 amide bonds. The molecule has 2 aliphatic heterocycles. The molecule has 0 aromatic heterocycles. The topological polar surface area (TPSA) is 51.2 Å². The predicted octanol–water partition coefficient (Wildman–Crippen LogP) is 1.94. The molecule has 0 saturated carbocycles. The highest BCUT2D eigenvalue weighted by Gasteiger charge is 2.44. The molecule has 1 spiro atoms. The highest BCUT2D eigenvalue weighted by molar-refractivity contribution is 5.77. The van der Waals surface area contributed by atoms with E-state index < -0.39 is 0 Å². The molecule has 144 valence electrons. The van der Waals surface area contributed by atoms with Crippen molar-refractivity contribution in [2.24, 2.45) is 0 Å². The molecule has 1 atom stereocenters. The number of anilines is 1. The first-order valence-electron chi connectivity index (χ1n) is 9.40. The van der Waals surface area contributed by atoms with Crippen LogP contribution in [0.1, 0.15) is 19.3 Å². The molecule has 6 heteroatoms. The normalized spacial score (nSPS) is 21.9. The molecule has 0 radical (unpaired) electrons. The molecule has 0 unspecified atom stereocenters. The Morgan fingerprint density at radius 3 is 2.69 bits per heavy atom. The van der Waals surface area contributed by atoms with E-state index in [1.165, 1.54) is 5.69 Å². The SMILES string of the molecule is COCCOCC(=O)N1CCC2(CC1)C[C@H](N(C)c1ccccc1)CO2. The summed E-state index contributed by atoms with van der Waals surface area (Å²) < 4.78 is 16.5. The van der Waals surface area contributed by atoms with Gasteiger partial charge in [0.1, 0.15) is 6.61 Å². The van der Waals surface area contributed by atoms with Crippen molar-refractivity contribution in [2.75, 3.05) is 58.6 Å². The van der Waals surface area contributed by atoms with Crippen LogP contribution < -0.4 is 4.90 Å². The van der Waals surface area contributed by atoms with Gasteiger partial charge in [0, 0.05) is 32.9 Å². The van der Waals surface area contributed by atoms with E-state index in [0.717, 1.165) is 39.0 Å². The van der Waals surface area contributed by atoms with Crippen LogP contribution in [0.4, 0.5) is 5.69 Å². The second-order valence-corrected chi connectivity index (χ2v) is 7.22. The Kier molecular flexibility index (Phi) is 6.51. The molecule has 2 heterocycles. The van der Waals surface area contributed by atoms with E-state index in [-0.39, 0.29) is 18.1 Å². The van der Waals surface area contributed by atoms with Gasteiger partial charge < -0.3 is 24.0 Å². The average molecular weight is 362 g/mol. The largest absolute Gasteiger partial charge is 0.382 e. The Balaban J connectivity index is 1.46. The molecule has 6 nitrogen and oxygen atoms in total. The van der Waals surface area contributed by atoms with Crippen molar-refractivity contribution in [3.8, 4) is 0 Å². The fraction of sp³-hybridized carbons (Fsp3) is 0.650. The average Bonchev–Trinajstić information content (AvgIpc) is 3.09. The second-order valence-electron chi connectivity index (χ2n) is 7.22. The van der Waals surface area contributed by atoms with Crippen LogP contribution in [-0.4, -0.2) is 76.1 Å². The van der Waals surface area contributed by atoms with Crippen molar-refractivity contribution >= 4 is 11.6 Å². The third-order valence-electron chi connectivity index (χ3n) is 5.59. The summed E-state index contributed by atoms with van der Waals surface area (Å²) >= 11 is 0. The number of nitrogens with zero attached hydrogens (tertiary/aromatic N) is 2. The summed E-state index contributed by atoms with van der Waals surface area (Å²) in [4.78, 5) is 16.4. The molecule has 1 aromatic carbocycles. The zero-order chi connectivity index (χ0) is 18.4. The molecular weight excluding hydrogens is 332 g/mol. The van der Waals surface area contributed by atoms with Crippen molar-refractivity contribution in [1.29, 1.82) is 0 Å². The minimum absolute atomic E-state index is 0.0619. The van der Waals surface area contributed by atoms with Gasteiger partial charge in [0.15, 0.2) is 0 Å². The Bertz CT molecular complexity index is 572. The Hall–Kier alpha value is -1.63. The summed E-state index contributed by atoms with van der Waals surface area (Å²) in [7, 11) is 3.76. The first-order chi connectivity index (χ1) is 12.6. The van der Waals surface area contributed by atoms with Gasteiger partial charge in [-0.05, 0) is 31.4 Å². The van der Waals surface area contributed by atoms with Gasteiger partial charge in [0.2, 0.25) is 5.91 Å². The number of likely N-dealkylation sites (N-methyl/N-ethyl adjacent to an activating group) is 1. The molecule has 2 aliphatic rings. The molecule has 2 saturated heterocycles. The summed E-state index contributed by atoms with van der Waals surface area (Å²) in [6, 6.07) is 10.8. The van der Waals surface area contributed by atoms with E-state index in [1.54, 1.807) is 7.11 Å². The fourth-order valence-corrected chi connectivity index (χ4v) is 3.85. The van der Waals surface area contributed by atoms with Gasteiger partial charge >= 0.3 is 0 Å². The molecule has 0 aliphatic carbocycles. The highest BCUT2D eigenvalue weighted by Crippen LogP contribution is 2.38. The van der Waals surface area contributed by atoms with E-state index in [1.807, 2.05) is 11.0 Å². The predicted molar refractivity (Wildman–Crippen MR) is 100 cm³/mol. The van der Waals surface area contributed by atoms with Crippen LogP contribution in [0.5, 0.6) is 0 Å². The summed E-state index contributed by atoms with van der Waals surface area (Å²) in [5, 5.41) is 0. The third kappa shape index (κ3) is 4.55. The fourth-order valence-electron chi connectivity index (χ4n) is 3.85. The minimum Gasteiger partial charge on any atom is -0.382 e. The second kappa shape index (κ2) is 8.84. The lowest BCUT2D eigenvalue weighted by Gasteiger charge is -2.39. The number of methoxy groups -OCH3 is 1. The summed E-state index contributed by atoms with van der Waals surface area (Å²) in [6.07, 6.45) is 2.82. The molecule has 0 bridgehead atoms. The van der Waals surface area contributed by atoms with Crippen molar-refractivity contribution < 1.29 is 19.0 Å². The van der Waals surface area contributed by atoms with Gasteiger partial charge in [-0.3, -0.25) is 4.79 Å². The van der Waals surface area contributed by atoms with Gasteiger partial charge in [0.05, 0.1) is 31.5 Å². The van der Waals surface area contributed by atoms with Crippen molar-refractivity contribution in [2.45, 2.75) is 30.9 Å². The van der Waals surface area contributed by atoms with Crippen LogP contribution in [0.2, 0.25) is 0 Å². The zero-order valence-corrected chi connectivity index (χ0v) is 15.9. The zero-order valence-electron chi connectivity index (χ0n) is 15.9. The summed E-state index contributed by atoms with van der Waals surface area (Å²) in [6.45, 7) is 3.34. The quantitative estimate of drug-likeness (QED) is 0.694. The van der Waals surface area contributed by atoms with E-state index in [2.05, 4.69) is 36.2 Å². The van der Waals surface area contributed by atoms with E-state index in [9.17, 15) is 4.79 Å². The van der Waals surface area contributed by atoms with Gasteiger partial charge in [-0.15, -0.1) is 0 Å². The number of para-hydroxylation sites is 1. The van der Waals surface area contributed by atoms with Crippen LogP contribution in [0.3, 0.4) is 0 Å². The van der Waals surface area contributed by atoms with Crippen LogP contribution >= 0.6 is 0 Å². The Labute approximate surface area is 156 Å². The number of piperidine rings is 1. The third-order valence-corrected chi connectivity index (χ3v) is 5.59. The molecule has 2 fully saturated rings. The Morgan fingerprint density at radius 1 is 1.27 bits per heavy atom. The van der Waals surface area contributed by atoms with E-state index >= 15 is 0 Å².